The standard InChI is InChI=1S/C11H13FN2O/c1-7-6-14(2)10-4-3-8(12)5-9(10)13-11(7)15/h3-5,7H,6H2,1-2H3,(H,13,15). The number of benzene rings is 1. The zero-order valence-electron chi connectivity index (χ0n) is 8.75. The average Bonchev–Trinajstić information content (AvgIpc) is 2.25. The Labute approximate surface area is 87.9 Å². The molecule has 0 saturated carbocycles. The molecule has 3 nitrogen and oxygen atoms in total. The normalized spacial score (nSPS) is 20.6. The monoisotopic (exact) mass is 208 g/mol. The summed E-state index contributed by atoms with van der Waals surface area (Å²) in [4.78, 5) is 13.5. The van der Waals surface area contributed by atoms with E-state index in [1.165, 1.54) is 12.1 Å². The molecule has 1 heterocycles. The number of hydrogen-bond donors (Lipinski definition) is 1. The zero-order valence-corrected chi connectivity index (χ0v) is 8.75. The first-order chi connectivity index (χ1) is 7.08. The van der Waals surface area contributed by atoms with Gasteiger partial charge >= 0.3 is 0 Å². The van der Waals surface area contributed by atoms with Crippen LogP contribution in [-0.2, 0) is 4.79 Å². The molecule has 0 saturated heterocycles. The molecule has 2 rings (SSSR count). The lowest BCUT2D eigenvalue weighted by molar-refractivity contribution is -0.119. The van der Waals surface area contributed by atoms with Gasteiger partial charge in [-0.15, -0.1) is 0 Å². The van der Waals surface area contributed by atoms with Crippen molar-refractivity contribution in [1.82, 2.24) is 0 Å². The van der Waals surface area contributed by atoms with Crippen molar-refractivity contribution in [1.29, 1.82) is 0 Å². The predicted octanol–water partition coefficient (Wildman–Crippen LogP) is 1.85. The van der Waals surface area contributed by atoms with Gasteiger partial charge in [-0.25, -0.2) is 4.39 Å². The van der Waals surface area contributed by atoms with E-state index in [2.05, 4.69) is 5.32 Å². The Kier molecular flexibility index (Phi) is 2.34. The summed E-state index contributed by atoms with van der Waals surface area (Å²) in [6, 6.07) is 4.43. The highest BCUT2D eigenvalue weighted by Crippen LogP contribution is 2.29. The van der Waals surface area contributed by atoms with Crippen molar-refractivity contribution < 1.29 is 9.18 Å². The number of nitrogens with zero attached hydrogens (tertiary/aromatic N) is 1. The summed E-state index contributed by atoms with van der Waals surface area (Å²) in [7, 11) is 1.90. The molecule has 0 aromatic heterocycles. The van der Waals surface area contributed by atoms with E-state index in [1.54, 1.807) is 6.07 Å². The lowest BCUT2D eigenvalue weighted by Gasteiger charge is -2.19. The molecule has 1 N–H and O–H groups in total. The summed E-state index contributed by atoms with van der Waals surface area (Å²) in [5, 5.41) is 2.72. The molecule has 1 aliphatic rings. The molecule has 4 heteroatoms. The third-order valence-corrected chi connectivity index (χ3v) is 2.62. The lowest BCUT2D eigenvalue weighted by Crippen LogP contribution is -2.27. The van der Waals surface area contributed by atoms with Gasteiger partial charge in [-0.1, -0.05) is 6.92 Å². The molecule has 0 bridgehead atoms. The maximum atomic E-state index is 13.0. The highest BCUT2D eigenvalue weighted by molar-refractivity contribution is 5.97. The van der Waals surface area contributed by atoms with Crippen LogP contribution in [0, 0.1) is 11.7 Å². The van der Waals surface area contributed by atoms with E-state index < -0.39 is 0 Å². The minimum absolute atomic E-state index is 0.0637. The highest BCUT2D eigenvalue weighted by Gasteiger charge is 2.22. The smallest absolute Gasteiger partial charge is 0.229 e. The molecule has 1 atom stereocenters. The van der Waals surface area contributed by atoms with Crippen LogP contribution in [0.5, 0.6) is 0 Å². The van der Waals surface area contributed by atoms with Crippen LogP contribution >= 0.6 is 0 Å². The van der Waals surface area contributed by atoms with Crippen LogP contribution in [0.3, 0.4) is 0 Å². The molecule has 1 unspecified atom stereocenters. The number of halogens is 1. The Hall–Kier alpha value is -1.58. The van der Waals surface area contributed by atoms with Gasteiger partial charge < -0.3 is 10.2 Å². The molecule has 1 amide bonds. The van der Waals surface area contributed by atoms with Crippen LogP contribution in [0.1, 0.15) is 6.92 Å². The summed E-state index contributed by atoms with van der Waals surface area (Å²) in [5.74, 6) is -0.492. The van der Waals surface area contributed by atoms with Crippen molar-refractivity contribution in [2.75, 3.05) is 23.8 Å². The van der Waals surface area contributed by atoms with Gasteiger partial charge in [0.15, 0.2) is 0 Å². The van der Waals surface area contributed by atoms with Crippen LogP contribution in [0.2, 0.25) is 0 Å². The zero-order chi connectivity index (χ0) is 11.0. The molecule has 80 valence electrons. The van der Waals surface area contributed by atoms with Gasteiger partial charge in [0.2, 0.25) is 5.91 Å². The SMILES string of the molecule is CC1CN(C)c2ccc(F)cc2NC1=O. The van der Waals surface area contributed by atoms with Gasteiger partial charge in [-0.3, -0.25) is 4.79 Å². The molecule has 15 heavy (non-hydrogen) atoms. The Balaban J connectivity index is 2.46. The second-order valence-corrected chi connectivity index (χ2v) is 3.93. The fourth-order valence-corrected chi connectivity index (χ4v) is 1.79. The molecule has 0 spiro atoms. The van der Waals surface area contributed by atoms with Crippen molar-refractivity contribution in [3.63, 3.8) is 0 Å². The number of amides is 1. The predicted molar refractivity (Wildman–Crippen MR) is 57.5 cm³/mol. The Morgan fingerprint density at radius 2 is 2.27 bits per heavy atom. The van der Waals surface area contributed by atoms with Crippen molar-refractivity contribution in [2.24, 2.45) is 5.92 Å². The van der Waals surface area contributed by atoms with E-state index in [-0.39, 0.29) is 17.6 Å². The number of hydrogen-bond acceptors (Lipinski definition) is 2. The molecule has 1 aromatic rings. The van der Waals surface area contributed by atoms with Gasteiger partial charge in [0, 0.05) is 13.6 Å². The molecule has 1 aliphatic heterocycles. The third kappa shape index (κ3) is 1.79. The van der Waals surface area contributed by atoms with Gasteiger partial charge in [0.1, 0.15) is 5.82 Å². The Morgan fingerprint density at radius 1 is 1.53 bits per heavy atom. The summed E-state index contributed by atoms with van der Waals surface area (Å²) < 4.78 is 13.0. The van der Waals surface area contributed by atoms with Gasteiger partial charge in [-0.2, -0.15) is 0 Å². The first-order valence-corrected chi connectivity index (χ1v) is 4.89. The average molecular weight is 208 g/mol. The van der Waals surface area contributed by atoms with Crippen molar-refractivity contribution in [3.05, 3.63) is 24.0 Å². The number of anilines is 2. The van der Waals surface area contributed by atoms with E-state index in [0.717, 1.165) is 5.69 Å². The molecule has 0 fully saturated rings. The topological polar surface area (TPSA) is 32.3 Å². The van der Waals surface area contributed by atoms with E-state index >= 15 is 0 Å². The number of carbonyl (C=O) groups is 1. The van der Waals surface area contributed by atoms with Gasteiger partial charge in [0.25, 0.3) is 0 Å². The van der Waals surface area contributed by atoms with Crippen molar-refractivity contribution in [2.45, 2.75) is 6.92 Å². The lowest BCUT2D eigenvalue weighted by atomic mass is 10.1. The quantitative estimate of drug-likeness (QED) is 0.705. The Bertz CT molecular complexity index is 406. The third-order valence-electron chi connectivity index (χ3n) is 2.62. The largest absolute Gasteiger partial charge is 0.372 e. The first kappa shape index (κ1) is 9.96. The van der Waals surface area contributed by atoms with Crippen LogP contribution in [0.4, 0.5) is 15.8 Å². The fourth-order valence-electron chi connectivity index (χ4n) is 1.79. The molecule has 0 radical (unpaired) electrons. The number of carbonyl (C=O) groups excluding carboxylic acids is 1. The van der Waals surface area contributed by atoms with E-state index in [4.69, 9.17) is 0 Å². The van der Waals surface area contributed by atoms with E-state index in [1.807, 2.05) is 18.9 Å². The molecular weight excluding hydrogens is 195 g/mol. The maximum Gasteiger partial charge on any atom is 0.229 e. The first-order valence-electron chi connectivity index (χ1n) is 4.89. The van der Waals surface area contributed by atoms with Crippen LogP contribution < -0.4 is 10.2 Å². The summed E-state index contributed by atoms with van der Waals surface area (Å²) in [6.07, 6.45) is 0. The summed E-state index contributed by atoms with van der Waals surface area (Å²) >= 11 is 0. The van der Waals surface area contributed by atoms with Crippen LogP contribution in [-0.4, -0.2) is 19.5 Å². The van der Waals surface area contributed by atoms with Crippen molar-refractivity contribution in [3.8, 4) is 0 Å². The second-order valence-electron chi connectivity index (χ2n) is 3.93. The molecule has 0 aliphatic carbocycles. The number of nitrogens with one attached hydrogen (secondary N) is 1. The van der Waals surface area contributed by atoms with Crippen LogP contribution in [0.25, 0.3) is 0 Å². The number of fused-ring (bicyclic) bond motifs is 1. The van der Waals surface area contributed by atoms with Gasteiger partial charge in [-0.05, 0) is 18.2 Å². The fraction of sp³-hybridized carbons (Fsp3) is 0.364. The van der Waals surface area contributed by atoms with E-state index in [0.29, 0.717) is 12.2 Å². The Morgan fingerprint density at radius 3 is 3.00 bits per heavy atom. The second kappa shape index (κ2) is 3.53. The molecular formula is C11H13FN2O. The van der Waals surface area contributed by atoms with Crippen molar-refractivity contribution >= 4 is 17.3 Å². The number of rotatable bonds is 0. The van der Waals surface area contributed by atoms with E-state index in [9.17, 15) is 9.18 Å². The van der Waals surface area contributed by atoms with Crippen LogP contribution in [0.15, 0.2) is 18.2 Å². The minimum Gasteiger partial charge on any atom is -0.372 e. The summed E-state index contributed by atoms with van der Waals surface area (Å²) in [5.41, 5.74) is 1.40. The minimum atomic E-state index is -0.336. The maximum absolute atomic E-state index is 13.0. The van der Waals surface area contributed by atoms with Gasteiger partial charge in [0.05, 0.1) is 17.3 Å². The summed E-state index contributed by atoms with van der Waals surface area (Å²) in [6.45, 7) is 2.50. The molecule has 1 aromatic carbocycles. The highest BCUT2D eigenvalue weighted by atomic mass is 19.1.